The number of ether oxygens (including phenoxy) is 1. The van der Waals surface area contributed by atoms with Crippen LogP contribution in [0.3, 0.4) is 0 Å². The molecule has 0 unspecified atom stereocenters. The summed E-state index contributed by atoms with van der Waals surface area (Å²) in [5.74, 6) is 0.935. The number of aromatic nitrogens is 1. The molecular formula is C23H30N4O3S. The van der Waals surface area contributed by atoms with Crippen LogP contribution in [0.4, 0.5) is 4.79 Å². The number of fused-ring (bicyclic) bond motifs is 1. The molecule has 3 aliphatic carbocycles. The van der Waals surface area contributed by atoms with Gasteiger partial charge in [-0.15, -0.1) is 11.3 Å². The van der Waals surface area contributed by atoms with Gasteiger partial charge in [-0.25, -0.2) is 9.78 Å². The third kappa shape index (κ3) is 4.79. The van der Waals surface area contributed by atoms with Gasteiger partial charge in [0, 0.05) is 24.0 Å². The van der Waals surface area contributed by atoms with Crippen molar-refractivity contribution in [2.75, 3.05) is 0 Å². The molecule has 3 fully saturated rings. The van der Waals surface area contributed by atoms with Gasteiger partial charge in [-0.3, -0.25) is 4.79 Å². The van der Waals surface area contributed by atoms with E-state index in [-0.39, 0.29) is 36.0 Å². The third-order valence-electron chi connectivity index (χ3n) is 6.84. The van der Waals surface area contributed by atoms with E-state index in [1.807, 2.05) is 23.7 Å². The Hall–Kier alpha value is -2.35. The number of para-hydroxylation sites is 1. The minimum absolute atomic E-state index is 0.0150. The van der Waals surface area contributed by atoms with E-state index in [1.165, 1.54) is 19.3 Å². The fourth-order valence-corrected chi connectivity index (χ4v) is 5.54. The number of thiazole rings is 1. The molecule has 3 amide bonds. The SMILES string of the molecule is O=C(NC1CCCCC1)N[C@H]1C[C@H](NC(=O)[C@H]2C[C@H](Oc3cccc4scnc34)C2)C1. The number of benzene rings is 1. The monoisotopic (exact) mass is 442 g/mol. The Bertz CT molecular complexity index is 930. The Kier molecular flexibility index (Phi) is 5.98. The predicted octanol–water partition coefficient (Wildman–Crippen LogP) is 3.73. The van der Waals surface area contributed by atoms with Crippen molar-refractivity contribution in [2.24, 2.45) is 5.92 Å². The number of nitrogens with one attached hydrogen (secondary N) is 3. The van der Waals surface area contributed by atoms with Crippen LogP contribution in [0.5, 0.6) is 5.75 Å². The van der Waals surface area contributed by atoms with Crippen molar-refractivity contribution < 1.29 is 14.3 Å². The number of hydrogen-bond acceptors (Lipinski definition) is 5. The van der Waals surface area contributed by atoms with Gasteiger partial charge in [-0.1, -0.05) is 25.3 Å². The second-order valence-electron chi connectivity index (χ2n) is 9.19. The fourth-order valence-electron chi connectivity index (χ4n) is 4.84. The molecule has 3 saturated carbocycles. The molecule has 0 spiro atoms. The summed E-state index contributed by atoms with van der Waals surface area (Å²) in [6.07, 6.45) is 9.03. The van der Waals surface area contributed by atoms with Gasteiger partial charge in [0.1, 0.15) is 17.4 Å². The molecule has 7 nitrogen and oxygen atoms in total. The minimum atomic E-state index is -0.0595. The zero-order valence-corrected chi connectivity index (χ0v) is 18.5. The van der Waals surface area contributed by atoms with E-state index in [1.54, 1.807) is 11.3 Å². The molecule has 1 heterocycles. The number of hydrogen-bond donors (Lipinski definition) is 3. The molecule has 3 N–H and O–H groups in total. The van der Waals surface area contributed by atoms with Gasteiger partial charge in [0.25, 0.3) is 0 Å². The standard InChI is InChI=1S/C23H30N4O3S/c28-22(14-9-18(10-14)30-19-7-4-8-20-21(19)24-13-31-20)25-16-11-17(12-16)27-23(29)26-15-5-2-1-3-6-15/h4,7-8,13-18H,1-3,5-6,9-12H2,(H,25,28)(H2,26,27,29)/t14-,16-,17-,18-. The van der Waals surface area contributed by atoms with E-state index in [0.717, 1.165) is 54.5 Å². The number of amides is 3. The molecule has 0 bridgehead atoms. The third-order valence-corrected chi connectivity index (χ3v) is 7.64. The lowest BCUT2D eigenvalue weighted by Crippen LogP contribution is -2.58. The summed E-state index contributed by atoms with van der Waals surface area (Å²) in [5, 5.41) is 9.27. The number of nitrogens with zero attached hydrogens (tertiary/aromatic N) is 1. The maximum atomic E-state index is 12.5. The predicted molar refractivity (Wildman–Crippen MR) is 120 cm³/mol. The van der Waals surface area contributed by atoms with Crippen molar-refractivity contribution in [3.63, 3.8) is 0 Å². The Morgan fingerprint density at radius 1 is 0.935 bits per heavy atom. The lowest BCUT2D eigenvalue weighted by atomic mass is 9.80. The molecule has 0 saturated heterocycles. The average molecular weight is 443 g/mol. The highest BCUT2D eigenvalue weighted by Gasteiger charge is 2.39. The molecule has 0 radical (unpaired) electrons. The number of carbonyl (C=O) groups is 2. The molecule has 166 valence electrons. The Morgan fingerprint density at radius 3 is 2.48 bits per heavy atom. The average Bonchev–Trinajstić information content (AvgIpc) is 3.19. The van der Waals surface area contributed by atoms with Gasteiger partial charge in [0.15, 0.2) is 0 Å². The van der Waals surface area contributed by atoms with Crippen LogP contribution < -0.4 is 20.7 Å². The fraction of sp³-hybridized carbons (Fsp3) is 0.609. The Morgan fingerprint density at radius 2 is 1.68 bits per heavy atom. The van der Waals surface area contributed by atoms with Crippen LogP contribution in [-0.2, 0) is 4.79 Å². The van der Waals surface area contributed by atoms with Crippen LogP contribution in [-0.4, -0.2) is 41.2 Å². The van der Waals surface area contributed by atoms with Crippen LogP contribution in [0, 0.1) is 5.92 Å². The van der Waals surface area contributed by atoms with Gasteiger partial charge >= 0.3 is 6.03 Å². The number of urea groups is 1. The van der Waals surface area contributed by atoms with E-state index >= 15 is 0 Å². The summed E-state index contributed by atoms with van der Waals surface area (Å²) >= 11 is 1.60. The quantitative estimate of drug-likeness (QED) is 0.636. The zero-order valence-electron chi connectivity index (χ0n) is 17.6. The molecule has 2 aromatic rings. The molecule has 3 aliphatic rings. The highest BCUT2D eigenvalue weighted by Crippen LogP contribution is 2.35. The van der Waals surface area contributed by atoms with Crippen LogP contribution >= 0.6 is 11.3 Å². The highest BCUT2D eigenvalue weighted by atomic mass is 32.1. The van der Waals surface area contributed by atoms with Crippen LogP contribution in [0.25, 0.3) is 10.2 Å². The first-order chi connectivity index (χ1) is 15.1. The molecule has 1 aromatic heterocycles. The van der Waals surface area contributed by atoms with Crippen molar-refractivity contribution in [1.82, 2.24) is 20.9 Å². The molecule has 1 aromatic carbocycles. The summed E-state index contributed by atoms with van der Waals surface area (Å²) in [6, 6.07) is 6.55. The number of rotatable bonds is 6. The maximum absolute atomic E-state index is 12.5. The first-order valence-electron chi connectivity index (χ1n) is 11.5. The normalized spacial score (nSPS) is 28.3. The minimum Gasteiger partial charge on any atom is -0.488 e. The highest BCUT2D eigenvalue weighted by molar-refractivity contribution is 7.16. The maximum Gasteiger partial charge on any atom is 0.315 e. The zero-order chi connectivity index (χ0) is 21.2. The molecule has 0 atom stereocenters. The van der Waals surface area contributed by atoms with Gasteiger partial charge in [-0.05, 0) is 50.7 Å². The lowest BCUT2D eigenvalue weighted by Gasteiger charge is -2.40. The van der Waals surface area contributed by atoms with Crippen molar-refractivity contribution in [1.29, 1.82) is 0 Å². The summed E-state index contributed by atoms with van der Waals surface area (Å²) in [4.78, 5) is 29.0. The lowest BCUT2D eigenvalue weighted by molar-refractivity contribution is -0.132. The summed E-state index contributed by atoms with van der Waals surface area (Å²) in [6.45, 7) is 0. The van der Waals surface area contributed by atoms with Crippen molar-refractivity contribution in [3.8, 4) is 5.75 Å². The molecular weight excluding hydrogens is 412 g/mol. The molecule has 5 rings (SSSR count). The first kappa shape index (κ1) is 20.5. The summed E-state index contributed by atoms with van der Waals surface area (Å²) in [7, 11) is 0. The second-order valence-corrected chi connectivity index (χ2v) is 10.1. The Balaban J connectivity index is 0.990. The van der Waals surface area contributed by atoms with Gasteiger partial charge < -0.3 is 20.7 Å². The molecule has 0 aliphatic heterocycles. The van der Waals surface area contributed by atoms with Gasteiger partial charge in [-0.2, -0.15) is 0 Å². The van der Waals surface area contributed by atoms with Crippen LogP contribution in [0.15, 0.2) is 23.7 Å². The van der Waals surface area contributed by atoms with Gasteiger partial charge in [0.2, 0.25) is 5.91 Å². The largest absolute Gasteiger partial charge is 0.488 e. The topological polar surface area (TPSA) is 92.4 Å². The van der Waals surface area contributed by atoms with E-state index in [0.29, 0.717) is 6.04 Å². The van der Waals surface area contributed by atoms with Crippen molar-refractivity contribution in [2.45, 2.75) is 82.0 Å². The van der Waals surface area contributed by atoms with E-state index < -0.39 is 0 Å². The summed E-state index contributed by atoms with van der Waals surface area (Å²) < 4.78 is 7.20. The molecule has 8 heteroatoms. The van der Waals surface area contributed by atoms with E-state index in [4.69, 9.17) is 4.74 Å². The number of carbonyl (C=O) groups excluding carboxylic acids is 2. The first-order valence-corrected chi connectivity index (χ1v) is 12.4. The van der Waals surface area contributed by atoms with E-state index in [2.05, 4.69) is 20.9 Å². The smallest absolute Gasteiger partial charge is 0.315 e. The molecule has 31 heavy (non-hydrogen) atoms. The van der Waals surface area contributed by atoms with Crippen molar-refractivity contribution in [3.05, 3.63) is 23.7 Å². The van der Waals surface area contributed by atoms with Crippen molar-refractivity contribution >= 4 is 33.5 Å². The van der Waals surface area contributed by atoms with Gasteiger partial charge in [0.05, 0.1) is 10.2 Å². The van der Waals surface area contributed by atoms with E-state index in [9.17, 15) is 9.59 Å². The van der Waals surface area contributed by atoms with Crippen LogP contribution in [0.1, 0.15) is 57.8 Å². The second kappa shape index (κ2) is 9.02. The summed E-state index contributed by atoms with van der Waals surface area (Å²) in [5.41, 5.74) is 2.73. The van der Waals surface area contributed by atoms with Crippen LogP contribution in [0.2, 0.25) is 0 Å². The Labute approximate surface area is 186 Å².